The minimum atomic E-state index is -0.706. The molecule has 5 nitrogen and oxygen atoms in total. The monoisotopic (exact) mass is 327 g/mol. The van der Waals surface area contributed by atoms with Gasteiger partial charge in [-0.3, -0.25) is 4.79 Å². The lowest BCUT2D eigenvalue weighted by atomic mass is 10.3. The van der Waals surface area contributed by atoms with Crippen LogP contribution in [0.2, 0.25) is 10.0 Å². The second-order valence-corrected chi connectivity index (χ2v) is 4.82. The van der Waals surface area contributed by atoms with Crippen LogP contribution in [0.3, 0.4) is 0 Å². The highest BCUT2D eigenvalue weighted by molar-refractivity contribution is 6.35. The van der Waals surface area contributed by atoms with Gasteiger partial charge in [-0.15, -0.1) is 0 Å². The van der Waals surface area contributed by atoms with Crippen LogP contribution in [0.25, 0.3) is 0 Å². The van der Waals surface area contributed by atoms with Crippen LogP contribution in [-0.4, -0.2) is 24.2 Å². The number of halogens is 2. The van der Waals surface area contributed by atoms with E-state index in [1.165, 1.54) is 12.3 Å². The number of rotatable bonds is 5. The van der Waals surface area contributed by atoms with E-state index in [-0.39, 0.29) is 18.8 Å². The van der Waals surface area contributed by atoms with E-state index < -0.39 is 11.5 Å². The molecule has 0 bridgehead atoms. The zero-order valence-electron chi connectivity index (χ0n) is 10.8. The summed E-state index contributed by atoms with van der Waals surface area (Å²) in [4.78, 5) is 25.4. The molecule has 0 radical (unpaired) electrons. The van der Waals surface area contributed by atoms with Crippen molar-refractivity contribution in [2.45, 2.75) is 0 Å². The van der Waals surface area contributed by atoms with Gasteiger partial charge in [-0.25, -0.2) is 4.79 Å². The number of H-pyrrole nitrogens is 1. The summed E-state index contributed by atoms with van der Waals surface area (Å²) in [7, 11) is 0. The molecular weight excluding hydrogens is 317 g/mol. The molecule has 1 N–H and O–H groups in total. The van der Waals surface area contributed by atoms with Crippen molar-refractivity contribution in [1.82, 2.24) is 4.98 Å². The average Bonchev–Trinajstić information content (AvgIpc) is 2.45. The van der Waals surface area contributed by atoms with E-state index in [1.54, 1.807) is 24.3 Å². The molecule has 0 spiro atoms. The Balaban J connectivity index is 1.84. The highest BCUT2D eigenvalue weighted by Gasteiger charge is 2.11. The van der Waals surface area contributed by atoms with Gasteiger partial charge in [0.2, 0.25) is 0 Å². The van der Waals surface area contributed by atoms with Gasteiger partial charge in [0.15, 0.2) is 0 Å². The minimum Gasteiger partial charge on any atom is -0.488 e. The second-order valence-electron chi connectivity index (χ2n) is 3.97. The van der Waals surface area contributed by atoms with Crippen LogP contribution in [0.5, 0.6) is 5.75 Å². The molecule has 2 aromatic rings. The molecular formula is C14H11Cl2NO4. The molecule has 0 aliphatic carbocycles. The van der Waals surface area contributed by atoms with Crippen molar-refractivity contribution in [3.63, 3.8) is 0 Å². The molecule has 110 valence electrons. The fourth-order valence-corrected chi connectivity index (χ4v) is 2.00. The topological polar surface area (TPSA) is 68.4 Å². The lowest BCUT2D eigenvalue weighted by Crippen LogP contribution is -2.20. The molecule has 0 unspecified atom stereocenters. The summed E-state index contributed by atoms with van der Waals surface area (Å²) >= 11 is 11.7. The Bertz CT molecular complexity index is 699. The number of nitrogens with one attached hydrogen (secondary N) is 1. The number of ether oxygens (including phenoxy) is 2. The Hall–Kier alpha value is -1.98. The molecule has 2 rings (SSSR count). The predicted molar refractivity (Wildman–Crippen MR) is 79.3 cm³/mol. The highest BCUT2D eigenvalue weighted by Crippen LogP contribution is 2.27. The van der Waals surface area contributed by atoms with Gasteiger partial charge in [0.05, 0.1) is 5.02 Å². The fraction of sp³-hybridized carbons (Fsp3) is 0.143. The molecule has 0 aliphatic heterocycles. The lowest BCUT2D eigenvalue weighted by Gasteiger charge is -2.08. The Labute approximate surface area is 130 Å². The Morgan fingerprint density at radius 3 is 2.71 bits per heavy atom. The molecule has 1 heterocycles. The van der Waals surface area contributed by atoms with Gasteiger partial charge in [0.25, 0.3) is 5.56 Å². The van der Waals surface area contributed by atoms with Crippen molar-refractivity contribution in [2.24, 2.45) is 0 Å². The van der Waals surface area contributed by atoms with Crippen LogP contribution in [0.15, 0.2) is 41.3 Å². The summed E-state index contributed by atoms with van der Waals surface area (Å²) < 4.78 is 10.3. The van der Waals surface area contributed by atoms with Crippen LogP contribution >= 0.6 is 23.2 Å². The van der Waals surface area contributed by atoms with E-state index in [1.807, 2.05) is 0 Å². The fourth-order valence-electron chi connectivity index (χ4n) is 1.54. The molecule has 0 saturated carbocycles. The molecule has 0 atom stereocenters. The van der Waals surface area contributed by atoms with E-state index in [9.17, 15) is 9.59 Å². The molecule has 1 aromatic carbocycles. The van der Waals surface area contributed by atoms with Crippen LogP contribution in [-0.2, 0) is 4.74 Å². The first-order valence-corrected chi connectivity index (χ1v) is 6.76. The zero-order valence-corrected chi connectivity index (χ0v) is 12.3. The second kappa shape index (κ2) is 7.15. The summed E-state index contributed by atoms with van der Waals surface area (Å²) in [6.45, 7) is 0.101. The number of benzene rings is 1. The lowest BCUT2D eigenvalue weighted by molar-refractivity contribution is 0.0448. The van der Waals surface area contributed by atoms with Crippen molar-refractivity contribution < 1.29 is 14.3 Å². The van der Waals surface area contributed by atoms with Gasteiger partial charge in [-0.2, -0.15) is 0 Å². The SMILES string of the molecule is O=C(OCCOc1ccc(Cl)cc1Cl)c1ccc[nH]c1=O. The maximum Gasteiger partial charge on any atom is 0.343 e. The summed E-state index contributed by atoms with van der Waals surface area (Å²) in [5.41, 5.74) is -0.550. The average molecular weight is 328 g/mol. The molecule has 0 aliphatic rings. The number of hydrogen-bond donors (Lipinski definition) is 1. The van der Waals surface area contributed by atoms with Gasteiger partial charge >= 0.3 is 5.97 Å². The number of pyridine rings is 1. The molecule has 0 amide bonds. The number of aromatic amines is 1. The van der Waals surface area contributed by atoms with Gasteiger partial charge in [0.1, 0.15) is 24.5 Å². The number of carbonyl (C=O) groups is 1. The van der Waals surface area contributed by atoms with Crippen molar-refractivity contribution in [1.29, 1.82) is 0 Å². The molecule has 7 heteroatoms. The Kier molecular flexibility index (Phi) is 5.25. The Morgan fingerprint density at radius 1 is 1.19 bits per heavy atom. The molecule has 0 fully saturated rings. The minimum absolute atomic E-state index is 0.00781. The van der Waals surface area contributed by atoms with Crippen molar-refractivity contribution in [3.05, 3.63) is 62.5 Å². The van der Waals surface area contributed by atoms with Crippen LogP contribution in [0, 0.1) is 0 Å². The molecule has 0 saturated heterocycles. The first-order valence-electron chi connectivity index (χ1n) is 6.00. The predicted octanol–water partition coefficient (Wildman–Crippen LogP) is 2.92. The highest BCUT2D eigenvalue weighted by atomic mass is 35.5. The molecule has 1 aromatic heterocycles. The van der Waals surface area contributed by atoms with Crippen LogP contribution in [0.4, 0.5) is 0 Å². The van der Waals surface area contributed by atoms with Gasteiger partial charge in [0, 0.05) is 11.2 Å². The third-order valence-electron chi connectivity index (χ3n) is 2.51. The third kappa shape index (κ3) is 4.24. The van der Waals surface area contributed by atoms with Gasteiger partial charge in [-0.1, -0.05) is 23.2 Å². The largest absolute Gasteiger partial charge is 0.488 e. The summed E-state index contributed by atoms with van der Waals surface area (Å²) in [5.74, 6) is -0.266. The van der Waals surface area contributed by atoms with E-state index in [0.717, 1.165) is 0 Å². The van der Waals surface area contributed by atoms with Crippen molar-refractivity contribution in [3.8, 4) is 5.75 Å². The smallest absolute Gasteiger partial charge is 0.343 e. The van der Waals surface area contributed by atoms with E-state index in [0.29, 0.717) is 15.8 Å². The molecule has 21 heavy (non-hydrogen) atoms. The third-order valence-corrected chi connectivity index (χ3v) is 3.04. The van der Waals surface area contributed by atoms with E-state index in [4.69, 9.17) is 32.7 Å². The summed E-state index contributed by atoms with van der Waals surface area (Å²) in [6.07, 6.45) is 1.44. The first kappa shape index (κ1) is 15.4. The standard InChI is InChI=1S/C14H11Cl2NO4/c15-9-3-4-12(11(16)8-9)20-6-7-21-14(19)10-2-1-5-17-13(10)18/h1-5,8H,6-7H2,(H,17,18). The number of hydrogen-bond acceptors (Lipinski definition) is 4. The number of esters is 1. The van der Waals surface area contributed by atoms with Gasteiger partial charge in [-0.05, 0) is 30.3 Å². The van der Waals surface area contributed by atoms with Crippen LogP contribution in [0.1, 0.15) is 10.4 Å². The zero-order chi connectivity index (χ0) is 15.2. The normalized spacial score (nSPS) is 10.2. The van der Waals surface area contributed by atoms with E-state index >= 15 is 0 Å². The maximum absolute atomic E-state index is 11.6. The summed E-state index contributed by atoms with van der Waals surface area (Å²) in [6, 6.07) is 7.74. The summed E-state index contributed by atoms with van der Waals surface area (Å²) in [5, 5.41) is 0.871. The quantitative estimate of drug-likeness (QED) is 0.677. The van der Waals surface area contributed by atoms with Crippen molar-refractivity contribution >= 4 is 29.2 Å². The Morgan fingerprint density at radius 2 is 2.00 bits per heavy atom. The first-order chi connectivity index (χ1) is 10.1. The maximum atomic E-state index is 11.6. The van der Waals surface area contributed by atoms with Gasteiger partial charge < -0.3 is 14.5 Å². The number of carbonyl (C=O) groups excluding carboxylic acids is 1. The van der Waals surface area contributed by atoms with Crippen molar-refractivity contribution in [2.75, 3.05) is 13.2 Å². The van der Waals surface area contributed by atoms with Crippen LogP contribution < -0.4 is 10.3 Å². The number of aromatic nitrogens is 1. The van der Waals surface area contributed by atoms with E-state index in [2.05, 4.69) is 4.98 Å².